The number of amides is 1. The topological polar surface area (TPSA) is 64.0 Å². The summed E-state index contributed by atoms with van der Waals surface area (Å²) in [5, 5.41) is 3.53. The highest BCUT2D eigenvalue weighted by Crippen LogP contribution is 2.30. The minimum atomic E-state index is -0.535. The smallest absolute Gasteiger partial charge is 0.246 e. The summed E-state index contributed by atoms with van der Waals surface area (Å²) >= 11 is 1.39. The highest BCUT2D eigenvalue weighted by atomic mass is 32.1. The van der Waals surface area contributed by atoms with Gasteiger partial charge in [0.2, 0.25) is 5.91 Å². The number of hydrogen-bond acceptors (Lipinski definition) is 4. The second-order valence-corrected chi connectivity index (χ2v) is 7.91. The molecule has 29 heavy (non-hydrogen) atoms. The number of anilines is 1. The first-order chi connectivity index (χ1) is 13.9. The van der Waals surface area contributed by atoms with E-state index in [1.165, 1.54) is 34.1 Å². The number of thiazole rings is 1. The van der Waals surface area contributed by atoms with Gasteiger partial charge >= 0.3 is 0 Å². The van der Waals surface area contributed by atoms with Crippen LogP contribution in [-0.4, -0.2) is 15.5 Å². The zero-order valence-electron chi connectivity index (χ0n) is 15.9. The number of halogens is 1. The SMILES string of the molecule is Cc1sc(NC(=O)Cn2c(C)cc(=O)c3cccc(F)c32)nc1-c1ccccc1. The fraction of sp³-hybridized carbons (Fsp3) is 0.136. The lowest BCUT2D eigenvalue weighted by atomic mass is 10.1. The predicted molar refractivity (Wildman–Crippen MR) is 114 cm³/mol. The second-order valence-electron chi connectivity index (χ2n) is 6.71. The van der Waals surface area contributed by atoms with Crippen molar-refractivity contribution < 1.29 is 9.18 Å². The van der Waals surface area contributed by atoms with Crippen LogP contribution in [-0.2, 0) is 11.3 Å². The van der Waals surface area contributed by atoms with E-state index < -0.39 is 5.82 Å². The second kappa shape index (κ2) is 7.60. The van der Waals surface area contributed by atoms with Gasteiger partial charge in [-0.2, -0.15) is 0 Å². The van der Waals surface area contributed by atoms with Crippen molar-refractivity contribution >= 4 is 33.3 Å². The van der Waals surface area contributed by atoms with E-state index >= 15 is 0 Å². The van der Waals surface area contributed by atoms with E-state index in [-0.39, 0.29) is 28.8 Å². The number of para-hydroxylation sites is 1. The molecule has 0 spiro atoms. The molecule has 0 fully saturated rings. The Balaban J connectivity index is 1.63. The van der Waals surface area contributed by atoms with Crippen LogP contribution >= 0.6 is 11.3 Å². The molecule has 5 nitrogen and oxygen atoms in total. The van der Waals surface area contributed by atoms with E-state index in [2.05, 4.69) is 10.3 Å². The molecule has 0 atom stereocenters. The first kappa shape index (κ1) is 19.0. The zero-order valence-corrected chi connectivity index (χ0v) is 16.7. The van der Waals surface area contributed by atoms with Crippen molar-refractivity contribution in [1.29, 1.82) is 0 Å². The van der Waals surface area contributed by atoms with Crippen LogP contribution in [0.3, 0.4) is 0 Å². The average molecular weight is 407 g/mol. The van der Waals surface area contributed by atoms with Crippen molar-refractivity contribution in [3.05, 3.63) is 81.2 Å². The lowest BCUT2D eigenvalue weighted by molar-refractivity contribution is -0.116. The third-order valence-corrected chi connectivity index (χ3v) is 5.57. The maximum Gasteiger partial charge on any atom is 0.246 e. The molecule has 0 aliphatic carbocycles. The van der Waals surface area contributed by atoms with Gasteiger partial charge in [0.05, 0.1) is 11.2 Å². The molecule has 7 heteroatoms. The summed E-state index contributed by atoms with van der Waals surface area (Å²) in [5.74, 6) is -0.873. The molecule has 0 aliphatic rings. The average Bonchev–Trinajstić information content (AvgIpc) is 3.06. The Morgan fingerprint density at radius 1 is 1.14 bits per heavy atom. The maximum atomic E-state index is 14.4. The van der Waals surface area contributed by atoms with Gasteiger partial charge in [0.1, 0.15) is 12.4 Å². The monoisotopic (exact) mass is 407 g/mol. The molecule has 4 rings (SSSR count). The largest absolute Gasteiger partial charge is 0.333 e. The van der Waals surface area contributed by atoms with Gasteiger partial charge in [0.25, 0.3) is 0 Å². The highest BCUT2D eigenvalue weighted by Gasteiger charge is 2.16. The summed E-state index contributed by atoms with van der Waals surface area (Å²) in [6, 6.07) is 15.5. The third-order valence-electron chi connectivity index (χ3n) is 4.68. The Labute approximate surface area is 170 Å². The Bertz CT molecular complexity index is 1280. The molecule has 146 valence electrons. The Morgan fingerprint density at radius 3 is 2.66 bits per heavy atom. The van der Waals surface area contributed by atoms with Crippen molar-refractivity contribution in [2.45, 2.75) is 20.4 Å². The number of carbonyl (C=O) groups is 1. The van der Waals surface area contributed by atoms with E-state index in [1.807, 2.05) is 37.3 Å². The molecule has 2 aromatic carbocycles. The van der Waals surface area contributed by atoms with Crippen LogP contribution in [0.4, 0.5) is 9.52 Å². The Hall–Kier alpha value is -3.32. The number of rotatable bonds is 4. The Kier molecular flexibility index (Phi) is 4.98. The molecule has 1 amide bonds. The molecule has 0 bridgehead atoms. The van der Waals surface area contributed by atoms with Crippen LogP contribution in [0.2, 0.25) is 0 Å². The van der Waals surface area contributed by atoms with Gasteiger partial charge in [0, 0.05) is 27.6 Å². The van der Waals surface area contributed by atoms with Gasteiger partial charge < -0.3 is 9.88 Å². The molecule has 0 radical (unpaired) electrons. The van der Waals surface area contributed by atoms with E-state index in [4.69, 9.17) is 0 Å². The summed E-state index contributed by atoms with van der Waals surface area (Å²) in [5.41, 5.74) is 2.18. The van der Waals surface area contributed by atoms with E-state index in [9.17, 15) is 14.0 Å². The number of pyridine rings is 1. The van der Waals surface area contributed by atoms with Crippen LogP contribution in [0.5, 0.6) is 0 Å². The third kappa shape index (κ3) is 3.69. The van der Waals surface area contributed by atoms with E-state index in [1.54, 1.807) is 13.0 Å². The lowest BCUT2D eigenvalue weighted by Crippen LogP contribution is -2.22. The van der Waals surface area contributed by atoms with Gasteiger partial charge in [-0.25, -0.2) is 9.37 Å². The van der Waals surface area contributed by atoms with Crippen LogP contribution < -0.4 is 10.7 Å². The van der Waals surface area contributed by atoms with E-state index in [0.29, 0.717) is 10.8 Å². The molecular formula is C22H18FN3O2S. The normalized spacial score (nSPS) is 11.0. The number of carbonyl (C=O) groups excluding carboxylic acids is 1. The summed E-state index contributed by atoms with van der Waals surface area (Å²) in [4.78, 5) is 30.4. The zero-order chi connectivity index (χ0) is 20.5. The molecule has 4 aromatic rings. The number of benzene rings is 2. The molecular weight excluding hydrogens is 389 g/mol. The van der Waals surface area contributed by atoms with Crippen molar-refractivity contribution in [2.75, 3.05) is 5.32 Å². The van der Waals surface area contributed by atoms with Crippen molar-refractivity contribution in [3.8, 4) is 11.3 Å². The molecule has 0 unspecified atom stereocenters. The van der Waals surface area contributed by atoms with Crippen LogP contribution in [0.15, 0.2) is 59.4 Å². The van der Waals surface area contributed by atoms with Crippen LogP contribution in [0, 0.1) is 19.7 Å². The molecule has 1 N–H and O–H groups in total. The summed E-state index contributed by atoms with van der Waals surface area (Å²) in [6.45, 7) is 3.51. The molecule has 0 saturated heterocycles. The van der Waals surface area contributed by atoms with Crippen molar-refractivity contribution in [1.82, 2.24) is 9.55 Å². The molecule has 0 aliphatic heterocycles. The maximum absolute atomic E-state index is 14.4. The van der Waals surface area contributed by atoms with Crippen LogP contribution in [0.25, 0.3) is 22.2 Å². The van der Waals surface area contributed by atoms with Gasteiger partial charge in [-0.05, 0) is 26.0 Å². The number of nitrogens with one attached hydrogen (secondary N) is 1. The van der Waals surface area contributed by atoms with Gasteiger partial charge in [-0.3, -0.25) is 9.59 Å². The summed E-state index contributed by atoms with van der Waals surface area (Å²) in [7, 11) is 0. The van der Waals surface area contributed by atoms with Gasteiger partial charge in [-0.1, -0.05) is 36.4 Å². The molecule has 0 saturated carbocycles. The number of aryl methyl sites for hydroxylation is 2. The quantitative estimate of drug-likeness (QED) is 0.541. The fourth-order valence-electron chi connectivity index (χ4n) is 3.33. The minimum Gasteiger partial charge on any atom is -0.333 e. The highest BCUT2D eigenvalue weighted by molar-refractivity contribution is 7.16. The summed E-state index contributed by atoms with van der Waals surface area (Å²) < 4.78 is 15.9. The van der Waals surface area contributed by atoms with E-state index in [0.717, 1.165) is 16.1 Å². The number of hydrogen-bond donors (Lipinski definition) is 1. The number of fused-ring (bicyclic) bond motifs is 1. The van der Waals surface area contributed by atoms with Gasteiger partial charge in [0.15, 0.2) is 10.6 Å². The molecule has 2 heterocycles. The number of nitrogens with zero attached hydrogens (tertiary/aromatic N) is 2. The summed E-state index contributed by atoms with van der Waals surface area (Å²) in [6.07, 6.45) is 0. The minimum absolute atomic E-state index is 0.122. The molecule has 2 aromatic heterocycles. The lowest BCUT2D eigenvalue weighted by Gasteiger charge is -2.14. The van der Waals surface area contributed by atoms with Crippen molar-refractivity contribution in [3.63, 3.8) is 0 Å². The van der Waals surface area contributed by atoms with Crippen molar-refractivity contribution in [2.24, 2.45) is 0 Å². The fourth-order valence-corrected chi connectivity index (χ4v) is 4.18. The van der Waals surface area contributed by atoms with Crippen LogP contribution in [0.1, 0.15) is 10.6 Å². The standard InChI is InChI=1S/C22H18FN3O2S/c1-13-11-18(27)16-9-6-10-17(23)21(16)26(13)12-19(28)24-22-25-20(14(2)29-22)15-7-4-3-5-8-15/h3-11H,12H2,1-2H3,(H,24,25,28). The first-order valence-electron chi connectivity index (χ1n) is 9.05. The first-order valence-corrected chi connectivity index (χ1v) is 9.87. The Morgan fingerprint density at radius 2 is 1.90 bits per heavy atom. The van der Waals surface area contributed by atoms with Gasteiger partial charge in [-0.15, -0.1) is 11.3 Å². The number of aromatic nitrogens is 2. The predicted octanol–water partition coefficient (Wildman–Crippen LogP) is 4.52.